The zero-order valence-electron chi connectivity index (χ0n) is 30.7. The summed E-state index contributed by atoms with van der Waals surface area (Å²) in [6.07, 6.45) is 9.92. The zero-order valence-corrected chi connectivity index (χ0v) is 30.7. The van der Waals surface area contributed by atoms with E-state index in [4.69, 9.17) is 28.4 Å². The van der Waals surface area contributed by atoms with Crippen LogP contribution in [-0.4, -0.2) is 142 Å². The number of hydrogen-bond acceptors (Lipinski definition) is 15. The topological polar surface area (TPSA) is 231 Å². The average Bonchev–Trinajstić information content (AvgIpc) is 3.15. The Balaban J connectivity index is 1.80. The largest absolute Gasteiger partial charge is 0.462 e. The van der Waals surface area contributed by atoms with Crippen molar-refractivity contribution >= 4 is 11.9 Å². The highest BCUT2D eigenvalue weighted by Gasteiger charge is 2.47. The maximum Gasteiger partial charge on any atom is 0.306 e. The van der Waals surface area contributed by atoms with E-state index < -0.39 is 99.3 Å². The van der Waals surface area contributed by atoms with Gasteiger partial charge in [-0.25, -0.2) is 0 Å². The van der Waals surface area contributed by atoms with Gasteiger partial charge >= 0.3 is 11.9 Å². The van der Waals surface area contributed by atoms with Gasteiger partial charge in [-0.15, -0.1) is 0 Å². The molecule has 302 valence electrons. The van der Waals surface area contributed by atoms with Crippen molar-refractivity contribution in [1.29, 1.82) is 0 Å². The molecule has 0 radical (unpaired) electrons. The van der Waals surface area contributed by atoms with E-state index in [2.05, 4.69) is 55.5 Å². The molecule has 2 fully saturated rings. The monoisotopic (exact) mass is 756 g/mol. The Bertz CT molecular complexity index is 1170. The van der Waals surface area contributed by atoms with Crippen molar-refractivity contribution < 1.29 is 73.8 Å². The van der Waals surface area contributed by atoms with Crippen LogP contribution in [0.5, 0.6) is 0 Å². The molecule has 11 atom stereocenters. The van der Waals surface area contributed by atoms with Gasteiger partial charge in [0.2, 0.25) is 0 Å². The third-order valence-corrected chi connectivity index (χ3v) is 8.31. The molecule has 0 aromatic carbocycles. The summed E-state index contributed by atoms with van der Waals surface area (Å²) in [4.78, 5) is 24.4. The normalized spacial score (nSPS) is 30.3. The summed E-state index contributed by atoms with van der Waals surface area (Å²) in [5.74, 6) is -1.10. The maximum absolute atomic E-state index is 12.6. The second-order valence-electron chi connectivity index (χ2n) is 12.6. The molecular formula is C38H60O15. The van der Waals surface area contributed by atoms with Crippen LogP contribution < -0.4 is 0 Å². The molecule has 11 unspecified atom stereocenters. The van der Waals surface area contributed by atoms with Gasteiger partial charge in [0.15, 0.2) is 18.7 Å². The molecule has 15 heteroatoms. The summed E-state index contributed by atoms with van der Waals surface area (Å²) in [6.45, 7) is 1.73. The van der Waals surface area contributed by atoms with E-state index in [-0.39, 0.29) is 19.4 Å². The van der Waals surface area contributed by atoms with E-state index in [1.807, 2.05) is 12.2 Å². The van der Waals surface area contributed by atoms with Crippen molar-refractivity contribution in [2.24, 2.45) is 0 Å². The average molecular weight is 757 g/mol. The second-order valence-corrected chi connectivity index (χ2v) is 12.6. The van der Waals surface area contributed by atoms with E-state index in [9.17, 15) is 45.3 Å². The Morgan fingerprint density at radius 3 is 1.68 bits per heavy atom. The number of carbonyl (C=O) groups is 2. The molecule has 0 aliphatic carbocycles. The van der Waals surface area contributed by atoms with Gasteiger partial charge in [0.25, 0.3) is 0 Å². The fraction of sp³-hybridized carbons (Fsp3) is 0.684. The van der Waals surface area contributed by atoms with Gasteiger partial charge in [-0.2, -0.15) is 0 Å². The van der Waals surface area contributed by atoms with E-state index in [0.717, 1.165) is 32.1 Å². The van der Waals surface area contributed by atoms with Crippen LogP contribution in [0.1, 0.15) is 71.6 Å². The minimum atomic E-state index is -1.77. The third-order valence-electron chi connectivity index (χ3n) is 8.31. The first-order valence-corrected chi connectivity index (χ1v) is 18.4. The van der Waals surface area contributed by atoms with Crippen LogP contribution in [0.4, 0.5) is 0 Å². The van der Waals surface area contributed by atoms with Crippen molar-refractivity contribution in [3.05, 3.63) is 60.8 Å². The first-order valence-electron chi connectivity index (χ1n) is 18.4. The molecule has 2 heterocycles. The first kappa shape index (κ1) is 46.4. The molecular weight excluding hydrogens is 696 g/mol. The minimum Gasteiger partial charge on any atom is -0.462 e. The summed E-state index contributed by atoms with van der Waals surface area (Å²) in [6, 6.07) is 0. The fourth-order valence-electron chi connectivity index (χ4n) is 5.17. The van der Waals surface area contributed by atoms with Crippen LogP contribution in [-0.2, 0) is 38.0 Å². The van der Waals surface area contributed by atoms with Crippen LogP contribution in [0.15, 0.2) is 60.8 Å². The number of carbonyl (C=O) groups excluding carboxylic acids is 2. The second kappa shape index (κ2) is 26.9. The Kier molecular flexibility index (Phi) is 23.5. The molecule has 2 aliphatic rings. The van der Waals surface area contributed by atoms with Gasteiger partial charge in [0.1, 0.15) is 55.4 Å². The number of rotatable bonds is 24. The van der Waals surface area contributed by atoms with Crippen molar-refractivity contribution in [2.75, 3.05) is 26.4 Å². The number of unbranched alkanes of at least 4 members (excludes halogenated alkanes) is 1. The predicted molar refractivity (Wildman–Crippen MR) is 192 cm³/mol. The number of allylic oxidation sites excluding steroid dienone is 10. The molecule has 2 rings (SSSR count). The molecule has 0 amide bonds. The minimum absolute atomic E-state index is 0.0807. The van der Waals surface area contributed by atoms with E-state index in [1.165, 1.54) is 0 Å². The number of esters is 2. The van der Waals surface area contributed by atoms with Gasteiger partial charge in [-0.05, 0) is 44.9 Å². The van der Waals surface area contributed by atoms with E-state index in [0.29, 0.717) is 12.8 Å². The van der Waals surface area contributed by atoms with Crippen molar-refractivity contribution in [3.63, 3.8) is 0 Å². The Labute approximate surface area is 311 Å². The molecule has 2 saturated heterocycles. The van der Waals surface area contributed by atoms with Gasteiger partial charge in [0.05, 0.1) is 19.8 Å². The summed E-state index contributed by atoms with van der Waals surface area (Å²) in [5.41, 5.74) is 0. The first-order chi connectivity index (χ1) is 25.5. The molecule has 0 saturated carbocycles. The fourth-order valence-corrected chi connectivity index (χ4v) is 5.17. The van der Waals surface area contributed by atoms with Crippen LogP contribution in [0, 0.1) is 0 Å². The van der Waals surface area contributed by atoms with Gasteiger partial charge in [-0.3, -0.25) is 9.59 Å². The molecule has 0 bridgehead atoms. The highest BCUT2D eigenvalue weighted by atomic mass is 16.7. The maximum atomic E-state index is 12.6. The lowest BCUT2D eigenvalue weighted by Crippen LogP contribution is -2.61. The van der Waals surface area contributed by atoms with Gasteiger partial charge in [-0.1, -0.05) is 74.6 Å². The SMILES string of the molecule is CC/C=C\C/C=C\C/C=C\C/C=C\C/C=C\CCCC(=O)OC(COC(=O)CC)COC1OC(COC2OC(CO)C(O)C(O)C2O)C(O)C(O)C1O. The van der Waals surface area contributed by atoms with Crippen molar-refractivity contribution in [3.8, 4) is 0 Å². The highest BCUT2D eigenvalue weighted by molar-refractivity contribution is 5.70. The number of ether oxygens (including phenoxy) is 6. The van der Waals surface area contributed by atoms with Crippen LogP contribution >= 0.6 is 0 Å². The summed E-state index contributed by atoms with van der Waals surface area (Å²) in [7, 11) is 0. The lowest BCUT2D eigenvalue weighted by Gasteiger charge is -2.42. The van der Waals surface area contributed by atoms with E-state index >= 15 is 0 Å². The van der Waals surface area contributed by atoms with Crippen LogP contribution in [0.2, 0.25) is 0 Å². The van der Waals surface area contributed by atoms with Crippen molar-refractivity contribution in [2.45, 2.75) is 139 Å². The molecule has 53 heavy (non-hydrogen) atoms. The predicted octanol–water partition coefficient (Wildman–Crippen LogP) is 1.41. The Morgan fingerprint density at radius 2 is 1.13 bits per heavy atom. The molecule has 0 spiro atoms. The Morgan fingerprint density at radius 1 is 0.623 bits per heavy atom. The molecule has 2 aliphatic heterocycles. The molecule has 0 aromatic rings. The summed E-state index contributed by atoms with van der Waals surface area (Å²) < 4.78 is 32.5. The summed E-state index contributed by atoms with van der Waals surface area (Å²) >= 11 is 0. The standard InChI is InChI=1S/C38H60O15/c1-3-5-6-7-8-9-10-11-12-13-14-15-16-17-18-19-20-21-30(41)51-26(23-48-29(40)4-2)24-49-37-36(47)34(45)32(43)28(53-37)25-50-38-35(46)33(44)31(42)27(22-39)52-38/h5-6,8-9,11-12,14-15,17-18,26-28,31-39,42-47H,3-4,7,10,13,16,19-25H2,1-2H3/b6-5-,9-8-,12-11-,15-14-,18-17-. The zero-order chi connectivity index (χ0) is 39.0. The van der Waals surface area contributed by atoms with Crippen LogP contribution in [0.25, 0.3) is 0 Å². The number of aliphatic hydroxyl groups is 7. The lowest BCUT2D eigenvalue weighted by molar-refractivity contribution is -0.332. The van der Waals surface area contributed by atoms with Gasteiger partial charge in [0, 0.05) is 12.8 Å². The summed E-state index contributed by atoms with van der Waals surface area (Å²) in [5, 5.41) is 71.0. The third kappa shape index (κ3) is 17.5. The van der Waals surface area contributed by atoms with E-state index in [1.54, 1.807) is 6.92 Å². The molecule has 0 aromatic heterocycles. The molecule has 15 nitrogen and oxygen atoms in total. The quantitative estimate of drug-likeness (QED) is 0.0420. The smallest absolute Gasteiger partial charge is 0.306 e. The van der Waals surface area contributed by atoms with Crippen molar-refractivity contribution in [1.82, 2.24) is 0 Å². The van der Waals surface area contributed by atoms with Crippen LogP contribution in [0.3, 0.4) is 0 Å². The number of aliphatic hydroxyl groups excluding tert-OH is 7. The lowest BCUT2D eigenvalue weighted by atomic mass is 9.98. The molecule has 7 N–H and O–H groups in total. The number of hydrogen-bond donors (Lipinski definition) is 7. The van der Waals surface area contributed by atoms with Gasteiger partial charge < -0.3 is 64.2 Å². The highest BCUT2D eigenvalue weighted by Crippen LogP contribution is 2.26. The Hall–Kier alpha value is -2.80.